The second kappa shape index (κ2) is 7.04. The molecule has 0 fully saturated rings. The summed E-state index contributed by atoms with van der Waals surface area (Å²) < 4.78 is 0. The molecular weight excluding hydrogens is 302 g/mol. The highest BCUT2D eigenvalue weighted by Gasteiger charge is 2.10. The van der Waals surface area contributed by atoms with Crippen LogP contribution in [0.3, 0.4) is 0 Å². The van der Waals surface area contributed by atoms with Crippen molar-refractivity contribution in [1.82, 2.24) is 10.3 Å². The van der Waals surface area contributed by atoms with E-state index in [1.54, 1.807) is 6.07 Å². The van der Waals surface area contributed by atoms with E-state index < -0.39 is 5.91 Å². The maximum absolute atomic E-state index is 11.9. The molecule has 1 aromatic carbocycles. The van der Waals surface area contributed by atoms with Crippen molar-refractivity contribution in [3.8, 4) is 0 Å². The topological polar surface area (TPSA) is 71.1 Å². The molecule has 0 radical (unpaired) electrons. The van der Waals surface area contributed by atoms with E-state index in [2.05, 4.69) is 15.6 Å². The Morgan fingerprint density at radius 3 is 2.68 bits per heavy atom. The number of pyridine rings is 1. The van der Waals surface area contributed by atoms with Gasteiger partial charge in [0, 0.05) is 16.9 Å². The minimum atomic E-state index is -0.446. The Hall–Kier alpha value is -2.40. The van der Waals surface area contributed by atoms with E-state index >= 15 is 0 Å². The maximum atomic E-state index is 11.9. The van der Waals surface area contributed by atoms with Gasteiger partial charge < -0.3 is 10.6 Å². The number of halogens is 1. The first-order valence-electron chi connectivity index (χ1n) is 6.72. The summed E-state index contributed by atoms with van der Waals surface area (Å²) in [5, 5.41) is 5.69. The first-order valence-corrected chi connectivity index (χ1v) is 7.10. The van der Waals surface area contributed by atoms with E-state index in [1.165, 1.54) is 12.3 Å². The first-order chi connectivity index (χ1) is 10.5. The summed E-state index contributed by atoms with van der Waals surface area (Å²) in [6.45, 7) is 3.71. The van der Waals surface area contributed by atoms with Gasteiger partial charge in [0.1, 0.15) is 5.69 Å². The Kier molecular flexibility index (Phi) is 5.12. The second-order valence-corrected chi connectivity index (χ2v) is 5.34. The van der Waals surface area contributed by atoms with Crippen molar-refractivity contribution in [3.05, 3.63) is 58.4 Å². The smallest absolute Gasteiger partial charge is 0.270 e. The number of amides is 2. The Labute approximate surface area is 133 Å². The molecule has 114 valence electrons. The molecule has 1 heterocycles. The maximum Gasteiger partial charge on any atom is 0.270 e. The molecule has 0 bridgehead atoms. The van der Waals surface area contributed by atoms with Gasteiger partial charge in [-0.15, -0.1) is 0 Å². The minimum Gasteiger partial charge on any atom is -0.342 e. The molecule has 0 aliphatic rings. The van der Waals surface area contributed by atoms with Crippen LogP contribution in [0.15, 0.2) is 36.5 Å². The fourth-order valence-corrected chi connectivity index (χ4v) is 2.00. The molecule has 2 rings (SSSR count). The van der Waals surface area contributed by atoms with Crippen molar-refractivity contribution < 1.29 is 9.59 Å². The van der Waals surface area contributed by atoms with Crippen molar-refractivity contribution in [2.45, 2.75) is 13.8 Å². The lowest BCUT2D eigenvalue weighted by atomic mass is 10.1. The van der Waals surface area contributed by atoms with Gasteiger partial charge in [0.25, 0.3) is 5.91 Å². The number of hydrogen-bond acceptors (Lipinski definition) is 3. The Morgan fingerprint density at radius 1 is 1.18 bits per heavy atom. The quantitative estimate of drug-likeness (QED) is 0.910. The summed E-state index contributed by atoms with van der Waals surface area (Å²) in [4.78, 5) is 27.7. The lowest BCUT2D eigenvalue weighted by Crippen LogP contribution is -2.33. The predicted molar refractivity (Wildman–Crippen MR) is 86.1 cm³/mol. The molecular formula is C16H16ClN3O2. The third-order valence-electron chi connectivity index (χ3n) is 3.03. The van der Waals surface area contributed by atoms with Gasteiger partial charge in [0.05, 0.1) is 6.54 Å². The van der Waals surface area contributed by atoms with Crippen LogP contribution in [0.4, 0.5) is 5.69 Å². The van der Waals surface area contributed by atoms with Crippen LogP contribution in [-0.2, 0) is 4.79 Å². The lowest BCUT2D eigenvalue weighted by Gasteiger charge is -2.10. The summed E-state index contributed by atoms with van der Waals surface area (Å²) in [5.41, 5.74) is 2.92. The van der Waals surface area contributed by atoms with E-state index in [9.17, 15) is 9.59 Å². The first kappa shape index (κ1) is 16.0. The van der Waals surface area contributed by atoms with Crippen molar-refractivity contribution in [3.63, 3.8) is 0 Å². The number of nitrogens with zero attached hydrogens (tertiary/aromatic N) is 1. The van der Waals surface area contributed by atoms with Gasteiger partial charge in [-0.25, -0.2) is 0 Å². The molecule has 22 heavy (non-hydrogen) atoms. The van der Waals surface area contributed by atoms with Gasteiger partial charge in [-0.05, 0) is 43.2 Å². The zero-order valence-electron chi connectivity index (χ0n) is 12.3. The summed E-state index contributed by atoms with van der Waals surface area (Å²) >= 11 is 5.79. The Balaban J connectivity index is 1.93. The highest BCUT2D eigenvalue weighted by atomic mass is 35.5. The molecule has 6 heteroatoms. The predicted octanol–water partition coefficient (Wildman–Crippen LogP) is 2.72. The van der Waals surface area contributed by atoms with E-state index in [4.69, 9.17) is 11.6 Å². The molecule has 0 spiro atoms. The van der Waals surface area contributed by atoms with Crippen LogP contribution in [0.25, 0.3) is 0 Å². The third kappa shape index (κ3) is 4.30. The van der Waals surface area contributed by atoms with Crippen LogP contribution in [0.1, 0.15) is 21.6 Å². The second-order valence-electron chi connectivity index (χ2n) is 4.91. The molecule has 0 aliphatic heterocycles. The fourth-order valence-electron chi connectivity index (χ4n) is 1.84. The highest BCUT2D eigenvalue weighted by Crippen LogP contribution is 2.16. The fraction of sp³-hybridized carbons (Fsp3) is 0.188. The summed E-state index contributed by atoms with van der Waals surface area (Å²) in [7, 11) is 0. The van der Waals surface area contributed by atoms with Crippen LogP contribution in [0, 0.1) is 13.8 Å². The number of aromatic nitrogens is 1. The van der Waals surface area contributed by atoms with E-state index in [0.717, 1.165) is 16.8 Å². The average Bonchev–Trinajstić information content (AvgIpc) is 2.48. The number of carbonyl (C=O) groups is 2. The number of anilines is 1. The molecule has 0 saturated carbocycles. The SMILES string of the molecule is Cc1ccc(C)c(NC(=O)CNC(=O)c2cc(Cl)ccn2)c1. The highest BCUT2D eigenvalue weighted by molar-refractivity contribution is 6.30. The Bertz CT molecular complexity index is 716. The summed E-state index contributed by atoms with van der Waals surface area (Å²) in [6.07, 6.45) is 1.44. The number of carbonyl (C=O) groups excluding carboxylic acids is 2. The van der Waals surface area contributed by atoms with E-state index in [-0.39, 0.29) is 18.1 Å². The average molecular weight is 318 g/mol. The normalized spacial score (nSPS) is 10.1. The monoisotopic (exact) mass is 317 g/mol. The molecule has 2 aromatic rings. The van der Waals surface area contributed by atoms with Crippen LogP contribution >= 0.6 is 11.6 Å². The van der Waals surface area contributed by atoms with Gasteiger partial charge in [0.15, 0.2) is 0 Å². The number of aryl methyl sites for hydroxylation is 2. The molecule has 5 nitrogen and oxygen atoms in total. The summed E-state index contributed by atoms with van der Waals surface area (Å²) in [5.74, 6) is -0.748. The molecule has 2 amide bonds. The lowest BCUT2D eigenvalue weighted by molar-refractivity contribution is -0.115. The standard InChI is InChI=1S/C16H16ClN3O2/c1-10-3-4-11(2)13(7-10)20-15(21)9-19-16(22)14-8-12(17)5-6-18-14/h3-8H,9H2,1-2H3,(H,19,22)(H,20,21). The van der Waals surface area contributed by atoms with Gasteiger partial charge in [-0.3, -0.25) is 14.6 Å². The number of hydrogen-bond donors (Lipinski definition) is 2. The zero-order valence-corrected chi connectivity index (χ0v) is 13.1. The van der Waals surface area contributed by atoms with Crippen LogP contribution in [0.5, 0.6) is 0 Å². The van der Waals surface area contributed by atoms with Gasteiger partial charge in [-0.2, -0.15) is 0 Å². The van der Waals surface area contributed by atoms with Crippen molar-refractivity contribution in [1.29, 1.82) is 0 Å². The number of benzene rings is 1. The zero-order chi connectivity index (χ0) is 16.1. The van der Waals surface area contributed by atoms with Gasteiger partial charge in [0.2, 0.25) is 5.91 Å². The molecule has 0 unspecified atom stereocenters. The molecule has 2 N–H and O–H groups in total. The molecule has 1 aromatic heterocycles. The summed E-state index contributed by atoms with van der Waals surface area (Å²) in [6, 6.07) is 8.80. The largest absolute Gasteiger partial charge is 0.342 e. The number of rotatable bonds is 4. The van der Waals surface area contributed by atoms with Crippen LogP contribution in [-0.4, -0.2) is 23.3 Å². The van der Waals surface area contributed by atoms with Gasteiger partial charge >= 0.3 is 0 Å². The molecule has 0 saturated heterocycles. The Morgan fingerprint density at radius 2 is 1.95 bits per heavy atom. The minimum absolute atomic E-state index is 0.138. The van der Waals surface area contributed by atoms with Crippen molar-refractivity contribution in [2.24, 2.45) is 0 Å². The van der Waals surface area contributed by atoms with Crippen molar-refractivity contribution in [2.75, 3.05) is 11.9 Å². The van der Waals surface area contributed by atoms with Gasteiger partial charge in [-0.1, -0.05) is 23.7 Å². The van der Waals surface area contributed by atoms with E-state index in [0.29, 0.717) is 5.02 Å². The molecule has 0 atom stereocenters. The molecule has 0 aliphatic carbocycles. The number of nitrogens with one attached hydrogen (secondary N) is 2. The van der Waals surface area contributed by atoms with Crippen LogP contribution in [0.2, 0.25) is 5.02 Å². The van der Waals surface area contributed by atoms with E-state index in [1.807, 2.05) is 32.0 Å². The van der Waals surface area contributed by atoms with Crippen molar-refractivity contribution >= 4 is 29.1 Å². The third-order valence-corrected chi connectivity index (χ3v) is 3.27. The van der Waals surface area contributed by atoms with Crippen LogP contribution < -0.4 is 10.6 Å².